The average Bonchev–Trinajstić information content (AvgIpc) is 3.49. The van der Waals surface area contributed by atoms with Crippen molar-refractivity contribution in [3.63, 3.8) is 0 Å². The number of hydrogen-bond acceptors (Lipinski definition) is 3. The van der Waals surface area contributed by atoms with Crippen LogP contribution >= 0.6 is 11.8 Å². The van der Waals surface area contributed by atoms with Crippen LogP contribution in [0.1, 0.15) is 22.3 Å². The fourth-order valence-corrected chi connectivity index (χ4v) is 9.29. The first-order valence-corrected chi connectivity index (χ1v) is 17.8. The standard InChI is InChI=1S/C47H30N2S/c1-3-14-31(15-4-1)32-26-28-34(29-27-32)43-30-42(33-16-5-2-6-17-33)48-46(49-43)37-20-13-24-41-45(37)50-44-25-12-11-23-40(44)47(41)38-21-9-7-18-35(38)36-19-8-10-22-39(36)47/h1-30H. The molecular formula is C47H30N2S. The first-order chi connectivity index (χ1) is 24.8. The lowest BCUT2D eigenvalue weighted by Crippen LogP contribution is -2.32. The number of aromatic nitrogens is 2. The van der Waals surface area contributed by atoms with Gasteiger partial charge in [-0.2, -0.15) is 0 Å². The van der Waals surface area contributed by atoms with Crippen molar-refractivity contribution in [2.45, 2.75) is 15.2 Å². The number of rotatable bonds is 4. The van der Waals surface area contributed by atoms with E-state index in [9.17, 15) is 0 Å². The molecule has 2 heterocycles. The average molecular weight is 655 g/mol. The Morgan fingerprint density at radius 1 is 0.360 bits per heavy atom. The minimum absolute atomic E-state index is 0.451. The zero-order valence-electron chi connectivity index (χ0n) is 27.1. The summed E-state index contributed by atoms with van der Waals surface area (Å²) in [6.45, 7) is 0. The van der Waals surface area contributed by atoms with Crippen LogP contribution in [0.3, 0.4) is 0 Å². The van der Waals surface area contributed by atoms with E-state index in [0.29, 0.717) is 0 Å². The van der Waals surface area contributed by atoms with E-state index in [1.807, 2.05) is 17.8 Å². The first kappa shape index (κ1) is 28.9. The molecule has 7 aromatic carbocycles. The van der Waals surface area contributed by atoms with E-state index >= 15 is 0 Å². The molecule has 10 rings (SSSR count). The van der Waals surface area contributed by atoms with Crippen LogP contribution in [-0.2, 0) is 5.41 Å². The van der Waals surface area contributed by atoms with Gasteiger partial charge in [0.1, 0.15) is 0 Å². The Labute approximate surface area is 296 Å². The predicted molar refractivity (Wildman–Crippen MR) is 205 cm³/mol. The Morgan fingerprint density at radius 3 is 1.48 bits per heavy atom. The summed E-state index contributed by atoms with van der Waals surface area (Å²) in [6.07, 6.45) is 0. The zero-order chi connectivity index (χ0) is 33.1. The monoisotopic (exact) mass is 654 g/mol. The molecule has 2 aliphatic rings. The SMILES string of the molecule is c1ccc(-c2ccc(-c3cc(-c4ccccc4)nc(-c4cccc5c4Sc4ccccc4C54c5ccccc5-c5ccccc54)n3)cc2)cc1. The third kappa shape index (κ3) is 4.37. The smallest absolute Gasteiger partial charge is 0.161 e. The molecule has 0 saturated carbocycles. The van der Waals surface area contributed by atoms with Crippen molar-refractivity contribution in [2.24, 2.45) is 0 Å². The molecule has 0 bridgehead atoms. The summed E-state index contributed by atoms with van der Waals surface area (Å²) in [4.78, 5) is 13.1. The molecule has 3 heteroatoms. The molecule has 1 spiro atoms. The van der Waals surface area contributed by atoms with Gasteiger partial charge in [0.25, 0.3) is 0 Å². The molecule has 0 radical (unpaired) electrons. The van der Waals surface area contributed by atoms with Crippen LogP contribution in [-0.4, -0.2) is 9.97 Å². The second-order valence-corrected chi connectivity index (χ2v) is 13.9. The van der Waals surface area contributed by atoms with E-state index < -0.39 is 5.41 Å². The normalized spacial score (nSPS) is 13.3. The van der Waals surface area contributed by atoms with Gasteiger partial charge in [-0.25, -0.2) is 9.97 Å². The highest BCUT2D eigenvalue weighted by Gasteiger charge is 2.50. The molecule has 1 aliphatic heterocycles. The minimum atomic E-state index is -0.451. The van der Waals surface area contributed by atoms with E-state index in [1.54, 1.807) is 0 Å². The van der Waals surface area contributed by atoms with Crippen molar-refractivity contribution in [3.8, 4) is 56.2 Å². The van der Waals surface area contributed by atoms with Crippen LogP contribution in [0.15, 0.2) is 192 Å². The third-order valence-electron chi connectivity index (χ3n) is 10.2. The molecule has 0 saturated heterocycles. The quantitative estimate of drug-likeness (QED) is 0.189. The van der Waals surface area contributed by atoms with Crippen molar-refractivity contribution in [2.75, 3.05) is 0 Å². The van der Waals surface area contributed by atoms with Gasteiger partial charge in [0.15, 0.2) is 5.82 Å². The van der Waals surface area contributed by atoms with Gasteiger partial charge in [-0.1, -0.05) is 182 Å². The van der Waals surface area contributed by atoms with Gasteiger partial charge in [0.2, 0.25) is 0 Å². The highest BCUT2D eigenvalue weighted by molar-refractivity contribution is 7.99. The number of hydrogen-bond donors (Lipinski definition) is 0. The summed E-state index contributed by atoms with van der Waals surface area (Å²) in [5.41, 5.74) is 14.7. The Bertz CT molecular complexity index is 2510. The van der Waals surface area contributed by atoms with Crippen LogP contribution in [0.2, 0.25) is 0 Å². The van der Waals surface area contributed by atoms with Crippen LogP contribution in [0.5, 0.6) is 0 Å². The largest absolute Gasteiger partial charge is 0.228 e. The van der Waals surface area contributed by atoms with E-state index in [-0.39, 0.29) is 0 Å². The van der Waals surface area contributed by atoms with Crippen molar-refractivity contribution < 1.29 is 0 Å². The second kappa shape index (κ2) is 11.5. The molecule has 0 atom stereocenters. The van der Waals surface area contributed by atoms with Crippen LogP contribution < -0.4 is 0 Å². The fourth-order valence-electron chi connectivity index (χ4n) is 7.99. The van der Waals surface area contributed by atoms with Gasteiger partial charge in [0.05, 0.1) is 16.8 Å². The molecule has 0 amide bonds. The van der Waals surface area contributed by atoms with Crippen molar-refractivity contribution >= 4 is 11.8 Å². The van der Waals surface area contributed by atoms with E-state index in [1.165, 1.54) is 54.3 Å². The highest BCUT2D eigenvalue weighted by atomic mass is 32.2. The summed E-state index contributed by atoms with van der Waals surface area (Å²) in [7, 11) is 0. The van der Waals surface area contributed by atoms with Gasteiger partial charge in [0, 0.05) is 26.5 Å². The molecule has 0 unspecified atom stereocenters. The third-order valence-corrected chi connectivity index (χ3v) is 11.4. The Hall–Kier alpha value is -6.03. The van der Waals surface area contributed by atoms with Crippen LogP contribution in [0.4, 0.5) is 0 Å². The summed E-state index contributed by atoms with van der Waals surface area (Å²) in [5, 5.41) is 0. The molecule has 50 heavy (non-hydrogen) atoms. The lowest BCUT2D eigenvalue weighted by Gasteiger charge is -2.40. The van der Waals surface area contributed by atoms with Gasteiger partial charge >= 0.3 is 0 Å². The molecule has 0 N–H and O–H groups in total. The summed E-state index contributed by atoms with van der Waals surface area (Å²) in [6, 6.07) is 65.3. The summed E-state index contributed by atoms with van der Waals surface area (Å²) in [5.74, 6) is 0.729. The minimum Gasteiger partial charge on any atom is -0.228 e. The highest BCUT2D eigenvalue weighted by Crippen LogP contribution is 2.63. The number of fused-ring (bicyclic) bond motifs is 9. The van der Waals surface area contributed by atoms with Crippen LogP contribution in [0.25, 0.3) is 56.2 Å². The van der Waals surface area contributed by atoms with Crippen molar-refractivity contribution in [1.29, 1.82) is 0 Å². The topological polar surface area (TPSA) is 25.8 Å². The van der Waals surface area contributed by atoms with Gasteiger partial charge < -0.3 is 0 Å². The second-order valence-electron chi connectivity index (χ2n) is 12.9. The van der Waals surface area contributed by atoms with E-state index in [2.05, 4.69) is 176 Å². The van der Waals surface area contributed by atoms with Gasteiger partial charge in [-0.15, -0.1) is 0 Å². The lowest BCUT2D eigenvalue weighted by atomic mass is 9.67. The zero-order valence-corrected chi connectivity index (χ0v) is 27.9. The first-order valence-electron chi connectivity index (χ1n) is 17.0. The van der Waals surface area contributed by atoms with Gasteiger partial charge in [-0.05, 0) is 56.6 Å². The molecule has 1 aliphatic carbocycles. The Morgan fingerprint density at radius 2 is 0.820 bits per heavy atom. The van der Waals surface area contributed by atoms with Gasteiger partial charge in [-0.3, -0.25) is 0 Å². The Balaban J connectivity index is 1.21. The molecule has 234 valence electrons. The molecular weight excluding hydrogens is 625 g/mol. The van der Waals surface area contributed by atoms with E-state index in [0.717, 1.165) is 33.9 Å². The maximum Gasteiger partial charge on any atom is 0.161 e. The molecule has 8 aromatic rings. The Kier molecular flexibility index (Phi) is 6.68. The maximum atomic E-state index is 5.35. The predicted octanol–water partition coefficient (Wildman–Crippen LogP) is 12.0. The summed E-state index contributed by atoms with van der Waals surface area (Å²) < 4.78 is 0. The molecule has 0 fully saturated rings. The van der Waals surface area contributed by atoms with Crippen molar-refractivity contribution in [3.05, 3.63) is 204 Å². The summed E-state index contributed by atoms with van der Waals surface area (Å²) >= 11 is 1.84. The van der Waals surface area contributed by atoms with Crippen LogP contribution in [0, 0.1) is 0 Å². The lowest BCUT2D eigenvalue weighted by molar-refractivity contribution is 0.723. The molecule has 2 nitrogen and oxygen atoms in total. The maximum absolute atomic E-state index is 5.35. The number of benzene rings is 7. The van der Waals surface area contributed by atoms with E-state index in [4.69, 9.17) is 9.97 Å². The molecule has 1 aromatic heterocycles. The van der Waals surface area contributed by atoms with Crippen molar-refractivity contribution in [1.82, 2.24) is 9.97 Å². The fraction of sp³-hybridized carbons (Fsp3) is 0.0213. The number of nitrogens with zero attached hydrogens (tertiary/aromatic N) is 2.